The van der Waals surface area contributed by atoms with E-state index < -0.39 is 0 Å². The quantitative estimate of drug-likeness (QED) is 0.659. The molecule has 0 atom stereocenters. The number of hydrogen-bond donors (Lipinski definition) is 0. The molecule has 0 N–H and O–H groups in total. The summed E-state index contributed by atoms with van der Waals surface area (Å²) in [5, 5.41) is 0. The normalized spacial score (nSPS) is 10.4. The van der Waals surface area contributed by atoms with Gasteiger partial charge < -0.3 is 0 Å². The molecular formula is C13H14O. The van der Waals surface area contributed by atoms with Gasteiger partial charge in [-0.1, -0.05) is 49.9 Å². The van der Waals surface area contributed by atoms with E-state index in [1.807, 2.05) is 37.3 Å². The average Bonchev–Trinajstić information content (AvgIpc) is 2.26. The van der Waals surface area contributed by atoms with Gasteiger partial charge in [0.15, 0.2) is 5.78 Å². The van der Waals surface area contributed by atoms with Crippen molar-refractivity contribution in [3.05, 3.63) is 48.0 Å². The first-order chi connectivity index (χ1) is 6.77. The van der Waals surface area contributed by atoms with Crippen LogP contribution in [0.15, 0.2) is 36.9 Å². The summed E-state index contributed by atoms with van der Waals surface area (Å²) < 4.78 is 0. The van der Waals surface area contributed by atoms with Crippen molar-refractivity contribution in [3.63, 3.8) is 0 Å². The van der Waals surface area contributed by atoms with Crippen LogP contribution in [-0.4, -0.2) is 5.78 Å². The van der Waals surface area contributed by atoms with Crippen molar-refractivity contribution < 1.29 is 4.79 Å². The van der Waals surface area contributed by atoms with Crippen LogP contribution in [0.5, 0.6) is 0 Å². The van der Waals surface area contributed by atoms with E-state index in [9.17, 15) is 4.79 Å². The fraction of sp³-hybridized carbons (Fsp3) is 0.154. The highest BCUT2D eigenvalue weighted by Gasteiger charge is 1.94. The predicted molar refractivity (Wildman–Crippen MR) is 60.9 cm³/mol. The third-order valence-electron chi connectivity index (χ3n) is 2.01. The van der Waals surface area contributed by atoms with Gasteiger partial charge >= 0.3 is 0 Å². The Bertz CT molecular complexity index is 361. The number of ketones is 1. The predicted octanol–water partition coefficient (Wildman–Crippen LogP) is 3.32. The molecule has 1 aromatic carbocycles. The van der Waals surface area contributed by atoms with Crippen LogP contribution >= 0.6 is 0 Å². The first kappa shape index (κ1) is 10.5. The molecule has 1 nitrogen and oxygen atoms in total. The molecule has 1 aromatic rings. The van der Waals surface area contributed by atoms with Gasteiger partial charge in [-0.3, -0.25) is 4.79 Å². The van der Waals surface area contributed by atoms with Gasteiger partial charge in [-0.25, -0.2) is 0 Å². The third kappa shape index (κ3) is 2.70. The van der Waals surface area contributed by atoms with Gasteiger partial charge in [-0.15, -0.1) is 0 Å². The van der Waals surface area contributed by atoms with Crippen LogP contribution in [0, 0.1) is 0 Å². The highest BCUT2D eigenvalue weighted by Crippen LogP contribution is 2.11. The van der Waals surface area contributed by atoms with Crippen LogP contribution in [0.1, 0.15) is 24.5 Å². The second kappa shape index (κ2) is 5.18. The van der Waals surface area contributed by atoms with Crippen molar-refractivity contribution >= 4 is 17.9 Å². The second-order valence-corrected chi connectivity index (χ2v) is 2.99. The molecule has 0 radical (unpaired) electrons. The lowest BCUT2D eigenvalue weighted by molar-refractivity contribution is -0.114. The zero-order chi connectivity index (χ0) is 10.4. The molecule has 72 valence electrons. The largest absolute Gasteiger partial charge is 0.295 e. The topological polar surface area (TPSA) is 17.1 Å². The summed E-state index contributed by atoms with van der Waals surface area (Å²) in [7, 11) is 0. The Morgan fingerprint density at radius 2 is 2.00 bits per heavy atom. The summed E-state index contributed by atoms with van der Waals surface area (Å²) in [6.45, 7) is 5.57. The van der Waals surface area contributed by atoms with Gasteiger partial charge in [0.2, 0.25) is 0 Å². The molecule has 1 heteroatoms. The Balaban J connectivity index is 2.90. The minimum absolute atomic E-state index is 0.142. The van der Waals surface area contributed by atoms with Crippen LogP contribution in [0.3, 0.4) is 0 Å². The molecule has 0 aliphatic rings. The van der Waals surface area contributed by atoms with E-state index in [0.29, 0.717) is 6.42 Å². The molecule has 0 heterocycles. The number of benzene rings is 1. The van der Waals surface area contributed by atoms with Gasteiger partial charge in [0.05, 0.1) is 0 Å². The Morgan fingerprint density at radius 1 is 1.36 bits per heavy atom. The Labute approximate surface area is 84.8 Å². The Kier molecular flexibility index (Phi) is 3.86. The van der Waals surface area contributed by atoms with Crippen LogP contribution in [0.2, 0.25) is 0 Å². The van der Waals surface area contributed by atoms with Gasteiger partial charge in [-0.05, 0) is 17.2 Å². The van der Waals surface area contributed by atoms with Crippen molar-refractivity contribution in [1.29, 1.82) is 0 Å². The summed E-state index contributed by atoms with van der Waals surface area (Å²) in [4.78, 5) is 11.1. The van der Waals surface area contributed by atoms with Crippen LogP contribution in [0.25, 0.3) is 12.2 Å². The molecule has 0 aromatic heterocycles. The number of carbonyl (C=O) groups excluding carboxylic acids is 1. The van der Waals surface area contributed by atoms with E-state index in [1.165, 1.54) is 0 Å². The van der Waals surface area contributed by atoms with E-state index in [2.05, 4.69) is 6.58 Å². The van der Waals surface area contributed by atoms with Crippen LogP contribution < -0.4 is 0 Å². The number of allylic oxidation sites excluding steroid dienone is 1. The first-order valence-corrected chi connectivity index (χ1v) is 4.70. The van der Waals surface area contributed by atoms with Gasteiger partial charge in [0.1, 0.15) is 0 Å². The van der Waals surface area contributed by atoms with Crippen molar-refractivity contribution in [1.82, 2.24) is 0 Å². The second-order valence-electron chi connectivity index (χ2n) is 2.99. The van der Waals surface area contributed by atoms with Gasteiger partial charge in [-0.2, -0.15) is 0 Å². The molecule has 0 amide bonds. The van der Waals surface area contributed by atoms with Crippen molar-refractivity contribution in [3.8, 4) is 0 Å². The third-order valence-corrected chi connectivity index (χ3v) is 2.01. The summed E-state index contributed by atoms with van der Waals surface area (Å²) in [5.74, 6) is 0.142. The molecule has 0 unspecified atom stereocenters. The van der Waals surface area contributed by atoms with Gasteiger partial charge in [0, 0.05) is 6.42 Å². The number of hydrogen-bond acceptors (Lipinski definition) is 1. The summed E-state index contributed by atoms with van der Waals surface area (Å²) >= 11 is 0. The zero-order valence-corrected chi connectivity index (χ0v) is 8.36. The molecular weight excluding hydrogens is 172 g/mol. The highest BCUT2D eigenvalue weighted by atomic mass is 16.1. The van der Waals surface area contributed by atoms with Crippen molar-refractivity contribution in [2.75, 3.05) is 0 Å². The Morgan fingerprint density at radius 3 is 2.57 bits per heavy atom. The average molecular weight is 186 g/mol. The van der Waals surface area contributed by atoms with Crippen molar-refractivity contribution in [2.45, 2.75) is 13.3 Å². The molecule has 0 fully saturated rings. The summed E-state index contributed by atoms with van der Waals surface area (Å²) in [5.41, 5.74) is 2.08. The SMILES string of the molecule is C=Cc1ccccc1/C=C/C(=O)CC. The smallest absolute Gasteiger partial charge is 0.155 e. The van der Waals surface area contributed by atoms with E-state index in [0.717, 1.165) is 11.1 Å². The Hall–Kier alpha value is -1.63. The van der Waals surface area contributed by atoms with E-state index >= 15 is 0 Å². The number of rotatable bonds is 4. The fourth-order valence-electron chi connectivity index (χ4n) is 1.15. The molecule has 0 saturated carbocycles. The van der Waals surface area contributed by atoms with Crippen LogP contribution in [-0.2, 0) is 4.79 Å². The number of carbonyl (C=O) groups is 1. The zero-order valence-electron chi connectivity index (χ0n) is 8.36. The minimum atomic E-state index is 0.142. The summed E-state index contributed by atoms with van der Waals surface area (Å²) in [6.07, 6.45) is 5.79. The molecule has 0 aliphatic carbocycles. The molecule has 0 bridgehead atoms. The van der Waals surface area contributed by atoms with Crippen LogP contribution in [0.4, 0.5) is 0 Å². The first-order valence-electron chi connectivity index (χ1n) is 4.70. The highest BCUT2D eigenvalue weighted by molar-refractivity contribution is 5.93. The monoisotopic (exact) mass is 186 g/mol. The molecule has 0 saturated heterocycles. The fourth-order valence-corrected chi connectivity index (χ4v) is 1.15. The lowest BCUT2D eigenvalue weighted by Crippen LogP contribution is -1.87. The lowest BCUT2D eigenvalue weighted by atomic mass is 10.1. The molecule has 1 rings (SSSR count). The van der Waals surface area contributed by atoms with Crippen molar-refractivity contribution in [2.24, 2.45) is 0 Å². The standard InChI is InChI=1S/C13H14O/c1-3-11-7-5-6-8-12(11)9-10-13(14)4-2/h3,5-10H,1,4H2,2H3/b10-9+. The van der Waals surface area contributed by atoms with E-state index in [1.54, 1.807) is 12.2 Å². The maximum absolute atomic E-state index is 11.1. The van der Waals surface area contributed by atoms with Gasteiger partial charge in [0.25, 0.3) is 0 Å². The van der Waals surface area contributed by atoms with E-state index in [-0.39, 0.29) is 5.78 Å². The molecule has 0 spiro atoms. The molecule has 14 heavy (non-hydrogen) atoms. The van der Waals surface area contributed by atoms with E-state index in [4.69, 9.17) is 0 Å². The minimum Gasteiger partial charge on any atom is -0.295 e. The molecule has 0 aliphatic heterocycles. The maximum atomic E-state index is 11.1. The summed E-state index contributed by atoms with van der Waals surface area (Å²) in [6, 6.07) is 7.85. The lowest BCUT2D eigenvalue weighted by Gasteiger charge is -1.98. The maximum Gasteiger partial charge on any atom is 0.155 e.